The van der Waals surface area contributed by atoms with Crippen molar-refractivity contribution in [3.05, 3.63) is 34.9 Å². The Morgan fingerprint density at radius 3 is 2.78 bits per heavy atom. The summed E-state index contributed by atoms with van der Waals surface area (Å²) in [7, 11) is 0. The summed E-state index contributed by atoms with van der Waals surface area (Å²) in [6, 6.07) is 7.36. The Morgan fingerprint density at radius 1 is 1.44 bits per heavy atom. The van der Waals surface area contributed by atoms with Gasteiger partial charge in [0.1, 0.15) is 5.60 Å². The molecule has 0 spiro atoms. The molecular formula is C14H16ClNO2. The molecule has 1 aliphatic heterocycles. The van der Waals surface area contributed by atoms with E-state index in [9.17, 15) is 9.90 Å². The molecule has 2 fully saturated rings. The van der Waals surface area contributed by atoms with E-state index < -0.39 is 5.60 Å². The average molecular weight is 266 g/mol. The molecule has 0 radical (unpaired) electrons. The maximum Gasteiger partial charge on any atom is 0.227 e. The summed E-state index contributed by atoms with van der Waals surface area (Å²) in [6.45, 7) is 0.994. The molecule has 0 bridgehead atoms. The van der Waals surface area contributed by atoms with Crippen molar-refractivity contribution in [1.82, 2.24) is 4.90 Å². The summed E-state index contributed by atoms with van der Waals surface area (Å²) >= 11 is 5.89. The van der Waals surface area contributed by atoms with E-state index in [1.54, 1.807) is 11.0 Å². The topological polar surface area (TPSA) is 40.5 Å². The Kier molecular flexibility index (Phi) is 2.83. The third kappa shape index (κ3) is 2.25. The van der Waals surface area contributed by atoms with Crippen LogP contribution in [0.1, 0.15) is 18.4 Å². The fourth-order valence-corrected chi connectivity index (χ4v) is 2.82. The van der Waals surface area contributed by atoms with E-state index in [0.717, 1.165) is 18.4 Å². The van der Waals surface area contributed by atoms with Crippen molar-refractivity contribution < 1.29 is 9.90 Å². The van der Waals surface area contributed by atoms with Crippen LogP contribution in [-0.2, 0) is 11.2 Å². The number of rotatable bonds is 3. The number of aliphatic hydroxyl groups is 1. The van der Waals surface area contributed by atoms with Gasteiger partial charge in [0.25, 0.3) is 0 Å². The van der Waals surface area contributed by atoms with Crippen molar-refractivity contribution in [3.63, 3.8) is 0 Å². The fourth-order valence-electron chi connectivity index (χ4n) is 2.60. The molecule has 18 heavy (non-hydrogen) atoms. The molecule has 0 unspecified atom stereocenters. The maximum atomic E-state index is 12.0. The molecule has 1 N–H and O–H groups in total. The van der Waals surface area contributed by atoms with Crippen LogP contribution < -0.4 is 0 Å². The van der Waals surface area contributed by atoms with Gasteiger partial charge in [-0.3, -0.25) is 4.79 Å². The summed E-state index contributed by atoms with van der Waals surface area (Å²) in [5.74, 6) is 0.496. The zero-order valence-electron chi connectivity index (χ0n) is 10.1. The fraction of sp³-hybridized carbons (Fsp3) is 0.500. The zero-order valence-corrected chi connectivity index (χ0v) is 10.9. The molecule has 96 valence electrons. The molecule has 1 saturated carbocycles. The lowest BCUT2D eigenvalue weighted by Gasteiger charge is -2.47. The predicted octanol–water partition coefficient (Wildman–Crippen LogP) is 1.87. The molecule has 1 aliphatic carbocycles. The minimum Gasteiger partial charge on any atom is -0.386 e. The molecule has 1 heterocycles. The highest BCUT2D eigenvalue weighted by atomic mass is 35.5. The lowest BCUT2D eigenvalue weighted by atomic mass is 9.88. The Morgan fingerprint density at radius 2 is 2.17 bits per heavy atom. The van der Waals surface area contributed by atoms with Gasteiger partial charge < -0.3 is 10.0 Å². The van der Waals surface area contributed by atoms with E-state index in [1.807, 2.05) is 18.2 Å². The van der Waals surface area contributed by atoms with Gasteiger partial charge >= 0.3 is 0 Å². The van der Waals surface area contributed by atoms with Gasteiger partial charge in [0.2, 0.25) is 5.91 Å². The SMILES string of the molecule is O=C(Cc1cccc(Cl)c1)N1CC(O)(C2CC2)C1. The first kappa shape index (κ1) is 12.0. The van der Waals surface area contributed by atoms with Crippen molar-refractivity contribution in [2.45, 2.75) is 24.9 Å². The first-order valence-corrected chi connectivity index (χ1v) is 6.69. The number of halogens is 1. The number of likely N-dealkylation sites (tertiary alicyclic amines) is 1. The Labute approximate surface area is 111 Å². The number of hydrogen-bond donors (Lipinski definition) is 1. The van der Waals surface area contributed by atoms with Crippen LogP contribution in [0.2, 0.25) is 5.02 Å². The molecule has 0 atom stereocenters. The van der Waals surface area contributed by atoms with Crippen LogP contribution in [-0.4, -0.2) is 34.6 Å². The van der Waals surface area contributed by atoms with E-state index in [0.29, 0.717) is 30.5 Å². The zero-order chi connectivity index (χ0) is 12.8. The summed E-state index contributed by atoms with van der Waals surface area (Å²) in [4.78, 5) is 13.7. The van der Waals surface area contributed by atoms with Crippen LogP contribution in [0.5, 0.6) is 0 Å². The van der Waals surface area contributed by atoms with Crippen molar-refractivity contribution in [2.24, 2.45) is 5.92 Å². The third-order valence-corrected chi connectivity index (χ3v) is 4.10. The van der Waals surface area contributed by atoms with Crippen LogP contribution >= 0.6 is 11.6 Å². The molecule has 1 amide bonds. The normalized spacial score (nSPS) is 21.6. The van der Waals surface area contributed by atoms with Gasteiger partial charge in [0, 0.05) is 5.02 Å². The van der Waals surface area contributed by atoms with Gasteiger partial charge in [-0.05, 0) is 36.5 Å². The van der Waals surface area contributed by atoms with Crippen LogP contribution in [0.15, 0.2) is 24.3 Å². The smallest absolute Gasteiger partial charge is 0.227 e. The summed E-state index contributed by atoms with van der Waals surface area (Å²) in [6.07, 6.45) is 2.57. The largest absolute Gasteiger partial charge is 0.386 e. The van der Waals surface area contributed by atoms with Crippen LogP contribution in [0, 0.1) is 5.92 Å². The van der Waals surface area contributed by atoms with Gasteiger partial charge in [0.15, 0.2) is 0 Å². The quantitative estimate of drug-likeness (QED) is 0.906. The van der Waals surface area contributed by atoms with Crippen LogP contribution in [0.25, 0.3) is 0 Å². The summed E-state index contributed by atoms with van der Waals surface area (Å²) in [5, 5.41) is 10.8. The number of β-amino-alcohol motifs (C(OH)–C–C–N with tert-alkyl or cyclic N) is 1. The molecule has 1 saturated heterocycles. The minimum atomic E-state index is -0.593. The van der Waals surface area contributed by atoms with Crippen molar-refractivity contribution >= 4 is 17.5 Å². The highest BCUT2D eigenvalue weighted by Gasteiger charge is 2.53. The number of carbonyl (C=O) groups is 1. The lowest BCUT2D eigenvalue weighted by molar-refractivity contribution is -0.158. The Balaban J connectivity index is 1.57. The van der Waals surface area contributed by atoms with Gasteiger partial charge in [0.05, 0.1) is 19.5 Å². The standard InChI is InChI=1S/C14H16ClNO2/c15-12-3-1-2-10(6-12)7-13(17)16-8-14(18,9-16)11-4-5-11/h1-3,6,11,18H,4-5,7-9H2. The van der Waals surface area contributed by atoms with Crippen molar-refractivity contribution in [3.8, 4) is 0 Å². The van der Waals surface area contributed by atoms with Gasteiger partial charge in [-0.25, -0.2) is 0 Å². The van der Waals surface area contributed by atoms with E-state index >= 15 is 0 Å². The van der Waals surface area contributed by atoms with E-state index in [4.69, 9.17) is 11.6 Å². The third-order valence-electron chi connectivity index (χ3n) is 3.86. The minimum absolute atomic E-state index is 0.0718. The second kappa shape index (κ2) is 4.25. The maximum absolute atomic E-state index is 12.0. The Bertz CT molecular complexity index is 478. The molecule has 0 aromatic heterocycles. The molecular weight excluding hydrogens is 250 g/mol. The molecule has 4 heteroatoms. The van der Waals surface area contributed by atoms with Gasteiger partial charge in [-0.15, -0.1) is 0 Å². The first-order chi connectivity index (χ1) is 8.57. The van der Waals surface area contributed by atoms with Crippen molar-refractivity contribution in [2.75, 3.05) is 13.1 Å². The highest BCUT2D eigenvalue weighted by molar-refractivity contribution is 6.30. The molecule has 1 aromatic rings. The van der Waals surface area contributed by atoms with Crippen LogP contribution in [0.3, 0.4) is 0 Å². The summed E-state index contributed by atoms with van der Waals surface area (Å²) in [5.41, 5.74) is 0.332. The van der Waals surface area contributed by atoms with E-state index in [1.165, 1.54) is 0 Å². The number of amides is 1. The molecule has 3 nitrogen and oxygen atoms in total. The second-order valence-corrected chi connectivity index (χ2v) is 5.87. The monoisotopic (exact) mass is 265 g/mol. The van der Waals surface area contributed by atoms with Crippen LogP contribution in [0.4, 0.5) is 0 Å². The number of carbonyl (C=O) groups excluding carboxylic acids is 1. The van der Waals surface area contributed by atoms with E-state index in [2.05, 4.69) is 0 Å². The second-order valence-electron chi connectivity index (χ2n) is 5.43. The molecule has 3 rings (SSSR count). The highest BCUT2D eigenvalue weighted by Crippen LogP contribution is 2.44. The average Bonchev–Trinajstić information content (AvgIpc) is 3.08. The molecule has 2 aliphatic rings. The number of nitrogens with zero attached hydrogens (tertiary/aromatic N) is 1. The number of benzene rings is 1. The van der Waals surface area contributed by atoms with Crippen molar-refractivity contribution in [1.29, 1.82) is 0 Å². The Hall–Kier alpha value is -1.06. The van der Waals surface area contributed by atoms with Gasteiger partial charge in [-0.1, -0.05) is 23.7 Å². The lowest BCUT2D eigenvalue weighted by Crippen LogP contribution is -2.65. The van der Waals surface area contributed by atoms with E-state index in [-0.39, 0.29) is 5.91 Å². The number of hydrogen-bond acceptors (Lipinski definition) is 2. The first-order valence-electron chi connectivity index (χ1n) is 6.31. The summed E-state index contributed by atoms with van der Waals surface area (Å²) < 4.78 is 0. The predicted molar refractivity (Wildman–Crippen MR) is 69.4 cm³/mol. The molecule has 1 aromatic carbocycles. The van der Waals surface area contributed by atoms with Gasteiger partial charge in [-0.2, -0.15) is 0 Å².